The molecule has 0 aliphatic rings. The van der Waals surface area contributed by atoms with Gasteiger partial charge < -0.3 is 14.1 Å². The second kappa shape index (κ2) is 6.97. The SMILES string of the molecule is CCOC(=O)c1cc2c(cc(N(CC)CC)c3ccccc32)oc1=O. The maximum absolute atomic E-state index is 12.2. The van der Waals surface area contributed by atoms with E-state index in [1.165, 1.54) is 0 Å². The van der Waals surface area contributed by atoms with Gasteiger partial charge in [0.05, 0.1) is 6.61 Å². The number of anilines is 1. The fourth-order valence-electron chi connectivity index (χ4n) is 3.12. The van der Waals surface area contributed by atoms with Crippen molar-refractivity contribution in [2.24, 2.45) is 0 Å². The fraction of sp³-hybridized carbons (Fsp3) is 0.300. The standard InChI is InChI=1S/C20H21NO4/c1-4-21(5-2)17-12-18-15(13-9-7-8-10-14(13)17)11-16(20(23)25-18)19(22)24-6-3/h7-12H,4-6H2,1-3H3. The first-order chi connectivity index (χ1) is 12.1. The summed E-state index contributed by atoms with van der Waals surface area (Å²) in [6.07, 6.45) is 0. The Morgan fingerprint density at radius 2 is 1.72 bits per heavy atom. The molecule has 0 radical (unpaired) electrons. The number of fused-ring (bicyclic) bond motifs is 3. The summed E-state index contributed by atoms with van der Waals surface area (Å²) < 4.78 is 10.4. The molecule has 0 saturated carbocycles. The summed E-state index contributed by atoms with van der Waals surface area (Å²) in [7, 11) is 0. The molecule has 1 aromatic heterocycles. The minimum atomic E-state index is -0.674. The molecule has 2 aromatic carbocycles. The van der Waals surface area contributed by atoms with Crippen LogP contribution < -0.4 is 10.5 Å². The van der Waals surface area contributed by atoms with Crippen LogP contribution in [0, 0.1) is 0 Å². The van der Waals surface area contributed by atoms with Gasteiger partial charge in [0.25, 0.3) is 0 Å². The number of nitrogens with zero attached hydrogens (tertiary/aromatic N) is 1. The second-order valence-corrected chi connectivity index (χ2v) is 5.69. The Kier molecular flexibility index (Phi) is 4.74. The highest BCUT2D eigenvalue weighted by molar-refractivity contribution is 6.12. The Morgan fingerprint density at radius 1 is 1.04 bits per heavy atom. The summed E-state index contributed by atoms with van der Waals surface area (Å²) in [4.78, 5) is 26.5. The number of carbonyl (C=O) groups is 1. The summed E-state index contributed by atoms with van der Waals surface area (Å²) >= 11 is 0. The van der Waals surface area contributed by atoms with Crippen molar-refractivity contribution in [3.63, 3.8) is 0 Å². The van der Waals surface area contributed by atoms with E-state index in [-0.39, 0.29) is 12.2 Å². The molecule has 0 bridgehead atoms. The monoisotopic (exact) mass is 339 g/mol. The molecule has 130 valence electrons. The Morgan fingerprint density at radius 3 is 2.36 bits per heavy atom. The van der Waals surface area contributed by atoms with Crippen LogP contribution in [0.1, 0.15) is 31.1 Å². The Balaban J connectivity index is 2.35. The van der Waals surface area contributed by atoms with Crippen LogP contribution in [0.2, 0.25) is 0 Å². The largest absolute Gasteiger partial charge is 0.462 e. The number of hydrogen-bond acceptors (Lipinski definition) is 5. The van der Waals surface area contributed by atoms with Gasteiger partial charge in [-0.1, -0.05) is 24.3 Å². The first-order valence-electron chi connectivity index (χ1n) is 8.52. The van der Waals surface area contributed by atoms with Gasteiger partial charge in [-0.25, -0.2) is 9.59 Å². The van der Waals surface area contributed by atoms with Gasteiger partial charge in [0.2, 0.25) is 0 Å². The summed E-state index contributed by atoms with van der Waals surface area (Å²) in [5, 5.41) is 2.73. The number of esters is 1. The van der Waals surface area contributed by atoms with Crippen LogP contribution in [0.4, 0.5) is 5.69 Å². The summed E-state index contributed by atoms with van der Waals surface area (Å²) in [6, 6.07) is 11.4. The van der Waals surface area contributed by atoms with Crippen LogP contribution in [0.25, 0.3) is 21.7 Å². The number of benzene rings is 2. The van der Waals surface area contributed by atoms with Crippen molar-refractivity contribution >= 4 is 33.4 Å². The van der Waals surface area contributed by atoms with Crippen LogP contribution in [0.15, 0.2) is 45.6 Å². The van der Waals surface area contributed by atoms with E-state index in [2.05, 4.69) is 18.7 Å². The minimum Gasteiger partial charge on any atom is -0.462 e. The van der Waals surface area contributed by atoms with Crippen molar-refractivity contribution in [1.29, 1.82) is 0 Å². The number of carbonyl (C=O) groups excluding carboxylic acids is 1. The van der Waals surface area contributed by atoms with Crippen molar-refractivity contribution in [3.05, 3.63) is 52.4 Å². The Hall–Kier alpha value is -2.82. The molecule has 1 heterocycles. The lowest BCUT2D eigenvalue weighted by atomic mass is 10.0. The van der Waals surface area contributed by atoms with Crippen LogP contribution >= 0.6 is 0 Å². The molecule has 3 aromatic rings. The first-order valence-corrected chi connectivity index (χ1v) is 8.52. The first kappa shape index (κ1) is 17.0. The highest BCUT2D eigenvalue weighted by Gasteiger charge is 2.18. The fourth-order valence-corrected chi connectivity index (χ4v) is 3.12. The van der Waals surface area contributed by atoms with Crippen molar-refractivity contribution in [2.45, 2.75) is 20.8 Å². The van der Waals surface area contributed by atoms with E-state index in [0.29, 0.717) is 5.58 Å². The van der Waals surface area contributed by atoms with E-state index in [9.17, 15) is 9.59 Å². The molecule has 0 saturated heterocycles. The van der Waals surface area contributed by atoms with E-state index in [4.69, 9.17) is 9.15 Å². The Labute approximate surface area is 145 Å². The number of ether oxygens (including phenoxy) is 1. The zero-order chi connectivity index (χ0) is 18.0. The molecular weight excluding hydrogens is 318 g/mol. The molecule has 0 N–H and O–H groups in total. The molecule has 25 heavy (non-hydrogen) atoms. The molecular formula is C20H21NO4. The zero-order valence-electron chi connectivity index (χ0n) is 14.7. The van der Waals surface area contributed by atoms with Gasteiger partial charge in [0, 0.05) is 35.6 Å². The average Bonchev–Trinajstić information content (AvgIpc) is 2.62. The predicted octanol–water partition coefficient (Wildman–Crippen LogP) is 3.97. The molecule has 0 aliphatic carbocycles. The summed E-state index contributed by atoms with van der Waals surface area (Å²) in [5.41, 5.74) is 0.737. The van der Waals surface area contributed by atoms with E-state index < -0.39 is 11.6 Å². The highest BCUT2D eigenvalue weighted by Crippen LogP contribution is 2.34. The van der Waals surface area contributed by atoms with E-state index in [1.54, 1.807) is 13.0 Å². The highest BCUT2D eigenvalue weighted by atomic mass is 16.5. The zero-order valence-corrected chi connectivity index (χ0v) is 14.7. The minimum absolute atomic E-state index is 0.0740. The summed E-state index contributed by atoms with van der Waals surface area (Å²) in [6.45, 7) is 7.77. The van der Waals surface area contributed by atoms with Crippen LogP contribution in [0.5, 0.6) is 0 Å². The lowest BCUT2D eigenvalue weighted by Crippen LogP contribution is -2.22. The Bertz CT molecular complexity index is 986. The third-order valence-corrected chi connectivity index (χ3v) is 4.34. The van der Waals surface area contributed by atoms with Gasteiger partial charge in [-0.2, -0.15) is 0 Å². The molecule has 0 unspecified atom stereocenters. The van der Waals surface area contributed by atoms with Gasteiger partial charge >= 0.3 is 11.6 Å². The van der Waals surface area contributed by atoms with E-state index in [1.807, 2.05) is 30.3 Å². The molecule has 5 nitrogen and oxygen atoms in total. The van der Waals surface area contributed by atoms with Crippen molar-refractivity contribution in [3.8, 4) is 0 Å². The maximum Gasteiger partial charge on any atom is 0.351 e. The molecule has 0 fully saturated rings. The third-order valence-electron chi connectivity index (χ3n) is 4.34. The van der Waals surface area contributed by atoms with Gasteiger partial charge in [-0.15, -0.1) is 0 Å². The predicted molar refractivity (Wildman–Crippen MR) is 99.5 cm³/mol. The normalized spacial score (nSPS) is 11.0. The van der Waals surface area contributed by atoms with Crippen molar-refractivity contribution in [1.82, 2.24) is 0 Å². The van der Waals surface area contributed by atoms with Gasteiger partial charge in [-0.05, 0) is 32.2 Å². The smallest absolute Gasteiger partial charge is 0.351 e. The molecule has 5 heteroatoms. The van der Waals surface area contributed by atoms with E-state index >= 15 is 0 Å². The van der Waals surface area contributed by atoms with Crippen molar-refractivity contribution in [2.75, 3.05) is 24.6 Å². The second-order valence-electron chi connectivity index (χ2n) is 5.69. The number of hydrogen-bond donors (Lipinski definition) is 0. The maximum atomic E-state index is 12.2. The van der Waals surface area contributed by atoms with Gasteiger partial charge in [-0.3, -0.25) is 0 Å². The molecule has 3 rings (SSSR count). The summed E-state index contributed by atoms with van der Waals surface area (Å²) in [5.74, 6) is -0.657. The third kappa shape index (κ3) is 2.97. The molecule has 0 atom stereocenters. The van der Waals surface area contributed by atoms with E-state index in [0.717, 1.165) is 34.9 Å². The molecule has 0 spiro atoms. The van der Waals surface area contributed by atoms with Crippen LogP contribution in [-0.2, 0) is 4.74 Å². The lowest BCUT2D eigenvalue weighted by Gasteiger charge is -2.23. The topological polar surface area (TPSA) is 59.8 Å². The molecule has 0 aliphatic heterocycles. The van der Waals surface area contributed by atoms with Crippen LogP contribution in [0.3, 0.4) is 0 Å². The average molecular weight is 339 g/mol. The lowest BCUT2D eigenvalue weighted by molar-refractivity contribution is 0.0522. The van der Waals surface area contributed by atoms with Gasteiger partial charge in [0.1, 0.15) is 11.1 Å². The van der Waals surface area contributed by atoms with Crippen molar-refractivity contribution < 1.29 is 13.9 Å². The van der Waals surface area contributed by atoms with Crippen LogP contribution in [-0.4, -0.2) is 25.7 Å². The van der Waals surface area contributed by atoms with Gasteiger partial charge in [0.15, 0.2) is 0 Å². The molecule has 0 amide bonds. The quantitative estimate of drug-likeness (QED) is 0.400. The number of rotatable bonds is 5.